The van der Waals surface area contributed by atoms with Gasteiger partial charge in [0.05, 0.1) is 11.8 Å². The van der Waals surface area contributed by atoms with Crippen LogP contribution in [0.15, 0.2) is 53.7 Å². The van der Waals surface area contributed by atoms with E-state index in [1.54, 1.807) is 12.1 Å². The molecule has 1 heterocycles. The molecule has 2 N–H and O–H groups in total. The molecule has 3 rings (SSSR count). The molecule has 28 heavy (non-hydrogen) atoms. The zero-order valence-corrected chi connectivity index (χ0v) is 17.2. The Labute approximate surface area is 173 Å². The third kappa shape index (κ3) is 5.74. The first-order chi connectivity index (χ1) is 13.5. The molecule has 3 aromatic rings. The number of hydrogen-bond donors (Lipinski definition) is 2. The number of nitrogens with one attached hydrogen (secondary N) is 2. The highest BCUT2D eigenvalue weighted by Crippen LogP contribution is 2.22. The molecule has 1 amide bonds. The van der Waals surface area contributed by atoms with Gasteiger partial charge in [0.25, 0.3) is 0 Å². The number of benzene rings is 2. The number of carbonyl (C=O) groups is 1. The van der Waals surface area contributed by atoms with Gasteiger partial charge in [0.15, 0.2) is 5.82 Å². The van der Waals surface area contributed by atoms with Crippen molar-refractivity contribution in [1.29, 1.82) is 0 Å². The van der Waals surface area contributed by atoms with Gasteiger partial charge in [-0.2, -0.15) is 0 Å². The summed E-state index contributed by atoms with van der Waals surface area (Å²) in [4.78, 5) is 16.5. The van der Waals surface area contributed by atoms with E-state index in [2.05, 4.69) is 20.5 Å². The van der Waals surface area contributed by atoms with Crippen LogP contribution in [0.2, 0.25) is 5.02 Å². The number of rotatable bonds is 8. The van der Waals surface area contributed by atoms with E-state index in [9.17, 15) is 4.79 Å². The topological polar surface area (TPSA) is 79.9 Å². The molecule has 1 atom stereocenters. The lowest BCUT2D eigenvalue weighted by molar-refractivity contribution is -0.119. The molecule has 2 aromatic carbocycles. The Morgan fingerprint density at radius 2 is 2.07 bits per heavy atom. The lowest BCUT2D eigenvalue weighted by Crippen LogP contribution is -2.28. The van der Waals surface area contributed by atoms with Crippen LogP contribution in [0.4, 0.5) is 0 Å². The maximum atomic E-state index is 12.1. The van der Waals surface area contributed by atoms with Crippen LogP contribution in [0, 0.1) is 6.92 Å². The summed E-state index contributed by atoms with van der Waals surface area (Å²) in [7, 11) is 0. The lowest BCUT2D eigenvalue weighted by Gasteiger charge is -2.13. The van der Waals surface area contributed by atoms with Crippen molar-refractivity contribution in [3.63, 3.8) is 0 Å². The molecule has 0 aliphatic rings. The maximum absolute atomic E-state index is 12.1. The van der Waals surface area contributed by atoms with Crippen molar-refractivity contribution in [2.45, 2.75) is 31.7 Å². The normalized spacial score (nSPS) is 11.8. The molecule has 146 valence electrons. The first-order valence-corrected chi connectivity index (χ1v) is 10.1. The average molecular weight is 417 g/mol. The number of thioether (sulfide) groups is 1. The quantitative estimate of drug-likeness (QED) is 0.535. The molecule has 1 aromatic heterocycles. The molecule has 0 aliphatic carbocycles. The van der Waals surface area contributed by atoms with Crippen LogP contribution in [-0.2, 0) is 11.4 Å². The molecule has 0 saturated heterocycles. The van der Waals surface area contributed by atoms with Crippen LogP contribution in [-0.4, -0.2) is 26.8 Å². The van der Waals surface area contributed by atoms with Gasteiger partial charge in [-0.25, -0.2) is 4.98 Å². The smallest absolute Gasteiger partial charge is 0.230 e. The van der Waals surface area contributed by atoms with Gasteiger partial charge in [0, 0.05) is 5.02 Å². The van der Waals surface area contributed by atoms with Gasteiger partial charge in [0.2, 0.25) is 11.1 Å². The predicted molar refractivity (Wildman–Crippen MR) is 111 cm³/mol. The summed E-state index contributed by atoms with van der Waals surface area (Å²) in [6.45, 7) is 4.13. The van der Waals surface area contributed by atoms with E-state index in [0.717, 1.165) is 11.1 Å². The van der Waals surface area contributed by atoms with Crippen LogP contribution >= 0.6 is 23.4 Å². The Hall–Kier alpha value is -2.51. The van der Waals surface area contributed by atoms with E-state index >= 15 is 0 Å². The summed E-state index contributed by atoms with van der Waals surface area (Å²) in [6.07, 6.45) is 0. The van der Waals surface area contributed by atoms with Gasteiger partial charge >= 0.3 is 0 Å². The van der Waals surface area contributed by atoms with Crippen LogP contribution in [0.3, 0.4) is 0 Å². The number of amides is 1. The molecule has 0 spiro atoms. The first kappa shape index (κ1) is 20.2. The summed E-state index contributed by atoms with van der Waals surface area (Å²) in [5, 5.41) is 11.1. The van der Waals surface area contributed by atoms with Crippen molar-refractivity contribution >= 4 is 29.3 Å². The largest absolute Gasteiger partial charge is 0.486 e. The second-order valence-corrected chi connectivity index (χ2v) is 7.60. The van der Waals surface area contributed by atoms with Crippen molar-refractivity contribution in [3.8, 4) is 5.75 Å². The number of hydrogen-bond acceptors (Lipinski definition) is 5. The van der Waals surface area contributed by atoms with Gasteiger partial charge in [-0.1, -0.05) is 53.7 Å². The summed E-state index contributed by atoms with van der Waals surface area (Å²) < 4.78 is 5.69. The number of aromatic nitrogens is 3. The Bertz CT molecular complexity index is 933. The van der Waals surface area contributed by atoms with Crippen molar-refractivity contribution in [2.24, 2.45) is 0 Å². The van der Waals surface area contributed by atoms with E-state index in [1.165, 1.54) is 11.8 Å². The molecule has 0 saturated carbocycles. The van der Waals surface area contributed by atoms with E-state index in [1.807, 2.05) is 50.2 Å². The fraction of sp³-hybridized carbons (Fsp3) is 0.250. The minimum atomic E-state index is -0.0689. The highest BCUT2D eigenvalue weighted by Gasteiger charge is 2.12. The van der Waals surface area contributed by atoms with Gasteiger partial charge in [-0.3, -0.25) is 9.89 Å². The Morgan fingerprint density at radius 1 is 1.29 bits per heavy atom. The van der Waals surface area contributed by atoms with Gasteiger partial charge < -0.3 is 10.1 Å². The van der Waals surface area contributed by atoms with E-state index < -0.39 is 0 Å². The summed E-state index contributed by atoms with van der Waals surface area (Å²) in [5.74, 6) is 1.47. The average Bonchev–Trinajstić information content (AvgIpc) is 3.16. The Balaban J connectivity index is 1.45. The number of nitrogens with zero attached hydrogens (tertiary/aromatic N) is 2. The number of carbonyl (C=O) groups excluding carboxylic acids is 1. The van der Waals surface area contributed by atoms with E-state index in [0.29, 0.717) is 21.8 Å². The minimum absolute atomic E-state index is 0.0479. The van der Waals surface area contributed by atoms with Gasteiger partial charge in [-0.15, -0.1) is 5.10 Å². The minimum Gasteiger partial charge on any atom is -0.486 e. The van der Waals surface area contributed by atoms with Crippen LogP contribution in [0.1, 0.15) is 29.9 Å². The Morgan fingerprint density at radius 3 is 2.82 bits per heavy atom. The zero-order chi connectivity index (χ0) is 19.9. The lowest BCUT2D eigenvalue weighted by atomic mass is 10.1. The SMILES string of the molecule is Cc1cc(OCc2nc(SCC(=O)N[C@H](C)c3ccccc3)n[nH]2)ccc1Cl. The number of halogens is 1. The highest BCUT2D eigenvalue weighted by atomic mass is 35.5. The second-order valence-electron chi connectivity index (χ2n) is 6.25. The molecule has 0 radical (unpaired) electrons. The van der Waals surface area contributed by atoms with Gasteiger partial charge in [-0.05, 0) is 43.2 Å². The van der Waals surface area contributed by atoms with E-state index in [-0.39, 0.29) is 24.3 Å². The molecular formula is C20H21ClN4O2S. The maximum Gasteiger partial charge on any atom is 0.230 e. The molecule has 8 heteroatoms. The standard InChI is InChI=1S/C20H21ClN4O2S/c1-13-10-16(8-9-17(13)21)27-11-18-23-20(25-24-18)28-12-19(26)22-14(2)15-6-4-3-5-7-15/h3-10,14H,11-12H2,1-2H3,(H,22,26)(H,23,24,25)/t14-/m1/s1. The van der Waals surface area contributed by atoms with Crippen molar-refractivity contribution in [2.75, 3.05) is 5.75 Å². The van der Waals surface area contributed by atoms with Gasteiger partial charge in [0.1, 0.15) is 12.4 Å². The third-order valence-electron chi connectivity index (χ3n) is 4.03. The summed E-state index contributed by atoms with van der Waals surface area (Å²) >= 11 is 7.28. The van der Waals surface area contributed by atoms with Crippen molar-refractivity contribution in [3.05, 3.63) is 70.5 Å². The van der Waals surface area contributed by atoms with Crippen LogP contribution in [0.5, 0.6) is 5.75 Å². The fourth-order valence-electron chi connectivity index (χ4n) is 2.50. The Kier molecular flexibility index (Phi) is 6.95. The summed E-state index contributed by atoms with van der Waals surface area (Å²) in [5.41, 5.74) is 2.01. The van der Waals surface area contributed by atoms with Crippen LogP contribution in [0.25, 0.3) is 0 Å². The second kappa shape index (κ2) is 9.61. The monoisotopic (exact) mass is 416 g/mol. The van der Waals surface area contributed by atoms with Crippen molar-refractivity contribution in [1.82, 2.24) is 20.5 Å². The number of H-pyrrole nitrogens is 1. The molecular weight excluding hydrogens is 396 g/mol. The molecule has 0 fully saturated rings. The third-order valence-corrected chi connectivity index (χ3v) is 5.30. The molecule has 0 bridgehead atoms. The predicted octanol–water partition coefficient (Wildman–Crippen LogP) is 4.32. The molecule has 6 nitrogen and oxygen atoms in total. The number of aromatic amines is 1. The van der Waals surface area contributed by atoms with Crippen LogP contribution < -0.4 is 10.1 Å². The molecule has 0 unspecified atom stereocenters. The number of ether oxygens (including phenoxy) is 1. The fourth-order valence-corrected chi connectivity index (χ4v) is 3.25. The first-order valence-electron chi connectivity index (χ1n) is 8.78. The highest BCUT2D eigenvalue weighted by molar-refractivity contribution is 7.99. The molecule has 0 aliphatic heterocycles. The van der Waals surface area contributed by atoms with Crippen molar-refractivity contribution < 1.29 is 9.53 Å². The van der Waals surface area contributed by atoms with E-state index in [4.69, 9.17) is 16.3 Å². The number of aryl methyl sites for hydroxylation is 1. The summed E-state index contributed by atoms with van der Waals surface area (Å²) in [6, 6.07) is 15.3. The zero-order valence-electron chi connectivity index (χ0n) is 15.6.